The lowest BCUT2D eigenvalue weighted by molar-refractivity contribution is -0.0265. The van der Waals surface area contributed by atoms with E-state index in [1.54, 1.807) is 28.6 Å². The van der Waals surface area contributed by atoms with E-state index in [1.165, 1.54) is 0 Å². The molecule has 2 aromatic rings. The molecule has 0 N–H and O–H groups in total. The Balaban J connectivity index is 1.73. The van der Waals surface area contributed by atoms with Gasteiger partial charge in [0.1, 0.15) is 0 Å². The van der Waals surface area contributed by atoms with Gasteiger partial charge in [-0.05, 0) is 30.5 Å². The molecular formula is C19H22ClNO3S. The number of ether oxygens (including phenoxy) is 1. The molecule has 0 aromatic heterocycles. The standard InChI is InChI=1S/C19H22ClNO3S/c1-15-13-24-18(11-16-7-3-2-4-8-16)12-21(15)25(22,23)14-17-9-5-6-10-19(17)20/h2-10,15,18H,11-14H2,1H3. The van der Waals surface area contributed by atoms with Gasteiger partial charge in [-0.2, -0.15) is 4.31 Å². The number of nitrogens with zero attached hydrogens (tertiary/aromatic N) is 1. The number of morpholine rings is 1. The van der Waals surface area contributed by atoms with Crippen LogP contribution in [0.15, 0.2) is 54.6 Å². The van der Waals surface area contributed by atoms with Gasteiger partial charge in [-0.1, -0.05) is 60.1 Å². The zero-order valence-electron chi connectivity index (χ0n) is 14.1. The van der Waals surface area contributed by atoms with Crippen LogP contribution in [0.25, 0.3) is 0 Å². The third-order valence-corrected chi connectivity index (χ3v) is 6.68. The van der Waals surface area contributed by atoms with Crippen molar-refractivity contribution in [3.05, 3.63) is 70.7 Å². The largest absolute Gasteiger partial charge is 0.375 e. The Kier molecular flexibility index (Phi) is 5.79. The molecule has 3 rings (SSSR count). The van der Waals surface area contributed by atoms with Crippen LogP contribution < -0.4 is 0 Å². The van der Waals surface area contributed by atoms with E-state index in [1.807, 2.05) is 37.3 Å². The lowest BCUT2D eigenvalue weighted by Gasteiger charge is -2.37. The van der Waals surface area contributed by atoms with Crippen LogP contribution in [0.2, 0.25) is 5.02 Å². The summed E-state index contributed by atoms with van der Waals surface area (Å²) in [6.45, 7) is 2.64. The van der Waals surface area contributed by atoms with Gasteiger partial charge in [-0.15, -0.1) is 0 Å². The van der Waals surface area contributed by atoms with Crippen molar-refractivity contribution < 1.29 is 13.2 Å². The van der Waals surface area contributed by atoms with Crippen molar-refractivity contribution in [1.82, 2.24) is 4.31 Å². The Bertz CT molecular complexity index is 810. The fourth-order valence-electron chi connectivity index (χ4n) is 3.07. The third kappa shape index (κ3) is 4.61. The first-order valence-electron chi connectivity index (χ1n) is 8.34. The second kappa shape index (κ2) is 7.87. The van der Waals surface area contributed by atoms with Crippen LogP contribution in [0.5, 0.6) is 0 Å². The second-order valence-corrected chi connectivity index (χ2v) is 8.74. The number of rotatable bonds is 5. The summed E-state index contributed by atoms with van der Waals surface area (Å²) < 4.78 is 33.3. The van der Waals surface area contributed by atoms with E-state index < -0.39 is 10.0 Å². The summed E-state index contributed by atoms with van der Waals surface area (Å²) in [5, 5.41) is 0.479. The highest BCUT2D eigenvalue weighted by molar-refractivity contribution is 7.88. The number of halogens is 1. The highest BCUT2D eigenvalue weighted by atomic mass is 35.5. The maximum absolute atomic E-state index is 12.9. The lowest BCUT2D eigenvalue weighted by atomic mass is 10.1. The summed E-state index contributed by atoms with van der Waals surface area (Å²) in [6, 6.07) is 16.9. The predicted molar refractivity (Wildman–Crippen MR) is 100 cm³/mol. The molecule has 4 nitrogen and oxygen atoms in total. The highest BCUT2D eigenvalue weighted by Crippen LogP contribution is 2.24. The average Bonchev–Trinajstić information content (AvgIpc) is 2.59. The molecule has 0 saturated carbocycles. The van der Waals surface area contributed by atoms with E-state index in [-0.39, 0.29) is 17.9 Å². The predicted octanol–water partition coefficient (Wildman–Crippen LogP) is 3.50. The Hall–Kier alpha value is -1.40. The van der Waals surface area contributed by atoms with E-state index >= 15 is 0 Å². The van der Waals surface area contributed by atoms with Crippen LogP contribution in [0.3, 0.4) is 0 Å². The molecule has 2 unspecified atom stereocenters. The first kappa shape index (κ1) is 18.4. The van der Waals surface area contributed by atoms with Crippen molar-refractivity contribution in [3.8, 4) is 0 Å². The molecule has 1 heterocycles. The van der Waals surface area contributed by atoms with Crippen molar-refractivity contribution in [2.75, 3.05) is 13.2 Å². The third-order valence-electron chi connectivity index (χ3n) is 4.41. The van der Waals surface area contributed by atoms with Gasteiger partial charge in [0.25, 0.3) is 0 Å². The molecule has 2 atom stereocenters. The molecule has 0 radical (unpaired) electrons. The molecule has 1 saturated heterocycles. The first-order valence-corrected chi connectivity index (χ1v) is 10.3. The minimum absolute atomic E-state index is 0.0882. The number of hydrogen-bond acceptors (Lipinski definition) is 3. The molecule has 0 spiro atoms. The Morgan fingerprint density at radius 3 is 2.52 bits per heavy atom. The summed E-state index contributed by atoms with van der Waals surface area (Å²) in [5.74, 6) is -0.0882. The summed E-state index contributed by atoms with van der Waals surface area (Å²) in [5.41, 5.74) is 1.77. The van der Waals surface area contributed by atoms with Crippen LogP contribution >= 0.6 is 11.6 Å². The van der Waals surface area contributed by atoms with Crippen LogP contribution in [-0.2, 0) is 26.9 Å². The van der Waals surface area contributed by atoms with Gasteiger partial charge >= 0.3 is 0 Å². The molecule has 6 heteroatoms. The molecule has 0 bridgehead atoms. The van der Waals surface area contributed by atoms with Crippen molar-refractivity contribution in [3.63, 3.8) is 0 Å². The maximum atomic E-state index is 12.9. The normalized spacial score (nSPS) is 22.0. The Labute approximate surface area is 154 Å². The van der Waals surface area contributed by atoms with Crippen LogP contribution in [0.1, 0.15) is 18.1 Å². The number of benzene rings is 2. The fourth-order valence-corrected chi connectivity index (χ4v) is 5.17. The van der Waals surface area contributed by atoms with E-state index in [2.05, 4.69) is 0 Å². The van der Waals surface area contributed by atoms with Gasteiger partial charge in [0.2, 0.25) is 10.0 Å². The second-order valence-electron chi connectivity index (χ2n) is 6.41. The van der Waals surface area contributed by atoms with Gasteiger partial charge in [-0.25, -0.2) is 8.42 Å². The Morgan fingerprint density at radius 2 is 1.80 bits per heavy atom. The van der Waals surface area contributed by atoms with Gasteiger partial charge in [-0.3, -0.25) is 0 Å². The van der Waals surface area contributed by atoms with Crippen LogP contribution in [-0.4, -0.2) is 38.0 Å². The topological polar surface area (TPSA) is 46.6 Å². The molecule has 0 aliphatic carbocycles. The summed E-state index contributed by atoms with van der Waals surface area (Å²) in [4.78, 5) is 0. The minimum Gasteiger partial charge on any atom is -0.375 e. The average molecular weight is 380 g/mol. The number of hydrogen-bond donors (Lipinski definition) is 0. The fraction of sp³-hybridized carbons (Fsp3) is 0.368. The zero-order chi connectivity index (χ0) is 17.9. The van der Waals surface area contributed by atoms with Crippen molar-refractivity contribution >= 4 is 21.6 Å². The summed E-state index contributed by atoms with van der Waals surface area (Å²) in [6.07, 6.45) is 0.561. The van der Waals surface area contributed by atoms with Gasteiger partial charge in [0, 0.05) is 17.6 Å². The zero-order valence-corrected chi connectivity index (χ0v) is 15.7. The quantitative estimate of drug-likeness (QED) is 0.798. The highest BCUT2D eigenvalue weighted by Gasteiger charge is 2.34. The smallest absolute Gasteiger partial charge is 0.218 e. The van der Waals surface area contributed by atoms with Crippen molar-refractivity contribution in [1.29, 1.82) is 0 Å². The maximum Gasteiger partial charge on any atom is 0.218 e. The molecule has 0 amide bonds. The number of sulfonamides is 1. The van der Waals surface area contributed by atoms with E-state index in [9.17, 15) is 8.42 Å². The first-order chi connectivity index (χ1) is 12.0. The lowest BCUT2D eigenvalue weighted by Crippen LogP contribution is -2.51. The molecule has 2 aromatic carbocycles. The van der Waals surface area contributed by atoms with Crippen LogP contribution in [0, 0.1) is 0 Å². The van der Waals surface area contributed by atoms with Crippen molar-refractivity contribution in [2.24, 2.45) is 0 Å². The Morgan fingerprint density at radius 1 is 1.12 bits per heavy atom. The summed E-state index contributed by atoms with van der Waals surface area (Å²) in [7, 11) is -3.46. The van der Waals surface area contributed by atoms with Crippen LogP contribution in [0.4, 0.5) is 0 Å². The van der Waals surface area contributed by atoms with E-state index in [0.29, 0.717) is 30.2 Å². The molecule has 1 aliphatic rings. The van der Waals surface area contributed by atoms with E-state index in [0.717, 1.165) is 5.56 Å². The van der Waals surface area contributed by atoms with Gasteiger partial charge in [0.15, 0.2) is 0 Å². The minimum atomic E-state index is -3.46. The molecule has 1 fully saturated rings. The van der Waals surface area contributed by atoms with Crippen molar-refractivity contribution in [2.45, 2.75) is 31.2 Å². The van der Waals surface area contributed by atoms with Gasteiger partial charge < -0.3 is 4.74 Å². The molecule has 1 aliphatic heterocycles. The molecule has 134 valence electrons. The summed E-state index contributed by atoms with van der Waals surface area (Å²) >= 11 is 6.13. The van der Waals surface area contributed by atoms with Gasteiger partial charge in [0.05, 0.1) is 18.5 Å². The SMILES string of the molecule is CC1COC(Cc2ccccc2)CN1S(=O)(=O)Cc1ccccc1Cl. The van der Waals surface area contributed by atoms with E-state index in [4.69, 9.17) is 16.3 Å². The molecule has 25 heavy (non-hydrogen) atoms. The molecular weight excluding hydrogens is 358 g/mol. The monoisotopic (exact) mass is 379 g/mol.